The summed E-state index contributed by atoms with van der Waals surface area (Å²) in [6, 6.07) is 0.864. The molecule has 2 saturated carbocycles. The van der Waals surface area contributed by atoms with Crippen molar-refractivity contribution in [1.82, 2.24) is 35.3 Å². The van der Waals surface area contributed by atoms with Gasteiger partial charge in [0.05, 0.1) is 25.2 Å². The maximum absolute atomic E-state index is 13.5. The van der Waals surface area contributed by atoms with Gasteiger partial charge >= 0.3 is 0 Å². The first-order valence-corrected chi connectivity index (χ1v) is 11.8. The summed E-state index contributed by atoms with van der Waals surface area (Å²) in [7, 11) is 0. The third kappa shape index (κ3) is 4.45. The minimum Gasteiger partial charge on any atom is -0.379 e. The normalized spacial score (nSPS) is 31.8. The molecule has 170 valence electrons. The van der Waals surface area contributed by atoms with E-state index >= 15 is 0 Å². The number of nitrogens with zero attached hydrogens (tertiary/aromatic N) is 6. The van der Waals surface area contributed by atoms with E-state index in [2.05, 4.69) is 25.7 Å². The smallest absolute Gasteiger partial charge is 0.228 e. The Morgan fingerprint density at radius 2 is 1.97 bits per heavy atom. The highest BCUT2D eigenvalue weighted by Crippen LogP contribution is 2.48. The number of amides is 2. The van der Waals surface area contributed by atoms with Crippen molar-refractivity contribution in [3.05, 3.63) is 6.33 Å². The number of rotatable bonds is 6. The van der Waals surface area contributed by atoms with Crippen molar-refractivity contribution in [2.24, 2.45) is 11.3 Å². The van der Waals surface area contributed by atoms with Gasteiger partial charge in [0.2, 0.25) is 11.8 Å². The first kappa shape index (κ1) is 20.8. The second-order valence-corrected chi connectivity index (χ2v) is 9.60. The molecule has 2 aliphatic carbocycles. The van der Waals surface area contributed by atoms with Crippen LogP contribution in [-0.4, -0.2) is 93.3 Å². The summed E-state index contributed by atoms with van der Waals surface area (Å²) in [6.45, 7) is 5.32. The lowest BCUT2D eigenvalue weighted by Gasteiger charge is -2.53. The molecular formula is C21H33N7O3. The molecule has 1 aromatic rings. The molecular weight excluding hydrogens is 398 g/mol. The van der Waals surface area contributed by atoms with Gasteiger partial charge in [-0.25, -0.2) is 4.68 Å². The van der Waals surface area contributed by atoms with Crippen LogP contribution in [0.15, 0.2) is 6.33 Å². The second kappa shape index (κ2) is 8.82. The molecule has 3 heterocycles. The number of aromatic nitrogens is 4. The largest absolute Gasteiger partial charge is 0.379 e. The Bertz CT molecular complexity index is 778. The Morgan fingerprint density at radius 3 is 2.71 bits per heavy atom. The highest BCUT2D eigenvalue weighted by Gasteiger charge is 2.53. The monoisotopic (exact) mass is 431 g/mol. The lowest BCUT2D eigenvalue weighted by atomic mass is 9.60. The van der Waals surface area contributed by atoms with E-state index in [1.807, 2.05) is 4.90 Å². The van der Waals surface area contributed by atoms with Gasteiger partial charge in [0.15, 0.2) is 0 Å². The SMILES string of the molecule is O=C(CCn1cnnn1)N1CC[C@@H]2C[C@H](N3CCOCC3)CC[C@@]2(C(=O)NC2CC2)C1. The number of hydrogen-bond acceptors (Lipinski definition) is 7. The van der Waals surface area contributed by atoms with Crippen LogP contribution in [0.4, 0.5) is 0 Å². The minimum atomic E-state index is -0.450. The summed E-state index contributed by atoms with van der Waals surface area (Å²) >= 11 is 0. The van der Waals surface area contributed by atoms with Gasteiger partial charge in [-0.05, 0) is 54.9 Å². The van der Waals surface area contributed by atoms with Crippen molar-refractivity contribution >= 4 is 11.8 Å². The number of morpholine rings is 1. The number of likely N-dealkylation sites (tertiary alicyclic amines) is 1. The molecule has 31 heavy (non-hydrogen) atoms. The molecule has 0 unspecified atom stereocenters. The Labute approximate surface area is 182 Å². The van der Waals surface area contributed by atoms with Gasteiger partial charge in [-0.15, -0.1) is 5.10 Å². The Balaban J connectivity index is 1.27. The molecule has 0 spiro atoms. The number of fused-ring (bicyclic) bond motifs is 1. The van der Waals surface area contributed by atoms with Crippen LogP contribution in [0, 0.1) is 11.3 Å². The van der Waals surface area contributed by atoms with Gasteiger partial charge in [-0.1, -0.05) is 0 Å². The van der Waals surface area contributed by atoms with E-state index < -0.39 is 5.41 Å². The maximum atomic E-state index is 13.5. The highest BCUT2D eigenvalue weighted by molar-refractivity contribution is 5.85. The minimum absolute atomic E-state index is 0.0860. The average molecular weight is 432 g/mol. The third-order valence-electron chi connectivity index (χ3n) is 7.71. The zero-order chi connectivity index (χ0) is 21.3. The topological polar surface area (TPSA) is 105 Å². The zero-order valence-electron chi connectivity index (χ0n) is 18.1. The molecule has 2 amide bonds. The molecule has 0 radical (unpaired) electrons. The lowest BCUT2D eigenvalue weighted by Crippen LogP contribution is -2.61. The van der Waals surface area contributed by atoms with Gasteiger partial charge in [0, 0.05) is 44.7 Å². The van der Waals surface area contributed by atoms with Gasteiger partial charge in [-0.3, -0.25) is 14.5 Å². The fraction of sp³-hybridized carbons (Fsp3) is 0.857. The first-order chi connectivity index (χ1) is 15.1. The fourth-order valence-electron chi connectivity index (χ4n) is 5.70. The molecule has 4 aliphatic rings. The van der Waals surface area contributed by atoms with Crippen LogP contribution in [0.5, 0.6) is 0 Å². The Morgan fingerprint density at radius 1 is 1.13 bits per heavy atom. The Kier molecular flexibility index (Phi) is 5.92. The van der Waals surface area contributed by atoms with Crippen LogP contribution >= 0.6 is 0 Å². The van der Waals surface area contributed by atoms with Crippen molar-refractivity contribution in [3.8, 4) is 0 Å². The number of carbonyl (C=O) groups is 2. The molecule has 2 aliphatic heterocycles. The molecule has 2 saturated heterocycles. The average Bonchev–Trinajstić information content (AvgIpc) is 3.47. The van der Waals surface area contributed by atoms with Crippen LogP contribution in [0.3, 0.4) is 0 Å². The van der Waals surface area contributed by atoms with Gasteiger partial charge in [-0.2, -0.15) is 0 Å². The predicted octanol–water partition coefficient (Wildman–Crippen LogP) is 0.0614. The molecule has 10 heteroatoms. The van der Waals surface area contributed by atoms with Crippen LogP contribution in [0.25, 0.3) is 0 Å². The van der Waals surface area contributed by atoms with E-state index in [1.54, 1.807) is 4.68 Å². The molecule has 1 aromatic heterocycles. The number of ether oxygens (including phenoxy) is 1. The highest BCUT2D eigenvalue weighted by atomic mass is 16.5. The van der Waals surface area contributed by atoms with Gasteiger partial charge < -0.3 is 15.0 Å². The van der Waals surface area contributed by atoms with Gasteiger partial charge in [0.25, 0.3) is 0 Å². The number of tetrazole rings is 1. The lowest BCUT2D eigenvalue weighted by molar-refractivity contribution is -0.151. The summed E-state index contributed by atoms with van der Waals surface area (Å²) in [5, 5.41) is 14.4. The van der Waals surface area contributed by atoms with E-state index in [1.165, 1.54) is 6.33 Å². The molecule has 0 aromatic carbocycles. The van der Waals surface area contributed by atoms with Crippen molar-refractivity contribution in [2.45, 2.75) is 63.6 Å². The van der Waals surface area contributed by atoms with E-state index in [0.29, 0.717) is 37.5 Å². The van der Waals surface area contributed by atoms with Crippen LogP contribution in [-0.2, 0) is 20.9 Å². The maximum Gasteiger partial charge on any atom is 0.228 e. The molecule has 5 rings (SSSR count). The number of piperidine rings is 1. The number of hydrogen-bond donors (Lipinski definition) is 1. The summed E-state index contributed by atoms with van der Waals surface area (Å²) in [5.41, 5.74) is -0.450. The summed E-state index contributed by atoms with van der Waals surface area (Å²) in [4.78, 5) is 30.9. The van der Waals surface area contributed by atoms with E-state index in [9.17, 15) is 9.59 Å². The summed E-state index contributed by atoms with van der Waals surface area (Å²) in [5.74, 6) is 0.595. The summed E-state index contributed by atoms with van der Waals surface area (Å²) < 4.78 is 7.11. The van der Waals surface area contributed by atoms with Crippen LogP contribution in [0.1, 0.15) is 44.9 Å². The molecule has 3 atom stereocenters. The zero-order valence-corrected chi connectivity index (χ0v) is 18.1. The standard InChI is InChI=1S/C21H33N7O3/c29-19(5-8-28-15-22-24-25-28)27-7-4-16-13-18(26-9-11-31-12-10-26)3-6-21(16,14-27)20(30)23-17-1-2-17/h15-18H,1-14H2,(H,23,30)/t16-,18-,21-/m1/s1. The van der Waals surface area contributed by atoms with E-state index in [0.717, 1.165) is 71.4 Å². The van der Waals surface area contributed by atoms with Crippen LogP contribution in [0.2, 0.25) is 0 Å². The fourth-order valence-corrected chi connectivity index (χ4v) is 5.70. The van der Waals surface area contributed by atoms with Crippen molar-refractivity contribution in [2.75, 3.05) is 39.4 Å². The number of carbonyl (C=O) groups excluding carboxylic acids is 2. The Hall–Kier alpha value is -2.07. The van der Waals surface area contributed by atoms with Crippen molar-refractivity contribution in [1.29, 1.82) is 0 Å². The van der Waals surface area contributed by atoms with Crippen LogP contribution < -0.4 is 5.32 Å². The van der Waals surface area contributed by atoms with E-state index in [4.69, 9.17) is 4.74 Å². The molecule has 10 nitrogen and oxygen atoms in total. The quantitative estimate of drug-likeness (QED) is 0.679. The number of aryl methyl sites for hydroxylation is 1. The first-order valence-electron chi connectivity index (χ1n) is 11.8. The third-order valence-corrected chi connectivity index (χ3v) is 7.71. The van der Waals surface area contributed by atoms with Gasteiger partial charge in [0.1, 0.15) is 6.33 Å². The molecule has 4 fully saturated rings. The molecule has 0 bridgehead atoms. The van der Waals surface area contributed by atoms with E-state index in [-0.39, 0.29) is 11.8 Å². The predicted molar refractivity (Wildman–Crippen MR) is 111 cm³/mol. The molecule has 1 N–H and O–H groups in total. The van der Waals surface area contributed by atoms with Crippen molar-refractivity contribution in [3.63, 3.8) is 0 Å². The van der Waals surface area contributed by atoms with Crippen molar-refractivity contribution < 1.29 is 14.3 Å². The summed E-state index contributed by atoms with van der Waals surface area (Å²) in [6.07, 6.45) is 7.86. The second-order valence-electron chi connectivity index (χ2n) is 9.60. The number of nitrogens with one attached hydrogen (secondary N) is 1.